The lowest BCUT2D eigenvalue weighted by atomic mass is 10.0. The highest BCUT2D eigenvalue weighted by molar-refractivity contribution is 7.45. The Hall–Kier alpha value is -1.02. The van der Waals surface area contributed by atoms with Crippen molar-refractivity contribution in [3.05, 3.63) is 24.3 Å². The molecule has 0 aliphatic rings. The highest BCUT2D eigenvalue weighted by atomic mass is 31.2. The molecule has 0 rings (SSSR count). The van der Waals surface area contributed by atoms with Crippen molar-refractivity contribution in [2.75, 3.05) is 54.1 Å². The first-order valence-corrected chi connectivity index (χ1v) is 26.0. The molecule has 0 spiro atoms. The van der Waals surface area contributed by atoms with Gasteiger partial charge in [-0.1, -0.05) is 199 Å². The third kappa shape index (κ3) is 46.1. The van der Waals surface area contributed by atoms with Crippen LogP contribution in [0, 0.1) is 0 Å². The van der Waals surface area contributed by atoms with Crippen LogP contribution in [-0.4, -0.2) is 70.7 Å². The first kappa shape index (κ1) is 57.0. The average Bonchev–Trinajstić information content (AvgIpc) is 3.18. The number of hydrogen-bond acceptors (Lipinski definition) is 7. The first-order chi connectivity index (χ1) is 28.1. The Balaban J connectivity index is 4.15. The van der Waals surface area contributed by atoms with Crippen molar-refractivity contribution in [1.29, 1.82) is 0 Å². The van der Waals surface area contributed by atoms with Crippen LogP contribution in [0.5, 0.6) is 0 Å². The number of carbonyl (C=O) groups excluding carboxylic acids is 1. The molecule has 0 saturated heterocycles. The Morgan fingerprint density at radius 1 is 0.534 bits per heavy atom. The monoisotopic (exact) mass is 842 g/mol. The molecule has 58 heavy (non-hydrogen) atoms. The number of ether oxygens (including phenoxy) is 2. The highest BCUT2D eigenvalue weighted by Crippen LogP contribution is 2.38. The fourth-order valence-electron chi connectivity index (χ4n) is 6.93. The zero-order valence-electron chi connectivity index (χ0n) is 39.0. The average molecular weight is 842 g/mol. The quantitative estimate of drug-likeness (QED) is 0.0198. The Morgan fingerprint density at radius 3 is 1.41 bits per heavy atom. The van der Waals surface area contributed by atoms with Gasteiger partial charge in [-0.15, -0.1) is 0 Å². The van der Waals surface area contributed by atoms with Crippen LogP contribution in [-0.2, 0) is 27.9 Å². The van der Waals surface area contributed by atoms with Gasteiger partial charge in [-0.3, -0.25) is 9.36 Å². The summed E-state index contributed by atoms with van der Waals surface area (Å²) in [5, 5.41) is 0. The lowest BCUT2D eigenvalue weighted by Gasteiger charge is -2.28. The van der Waals surface area contributed by atoms with Crippen LogP contribution in [0.15, 0.2) is 24.3 Å². The molecule has 0 radical (unpaired) electrons. The Morgan fingerprint density at radius 2 is 0.948 bits per heavy atom. The molecule has 0 heterocycles. The van der Waals surface area contributed by atoms with Crippen LogP contribution in [0.2, 0.25) is 0 Å². The summed E-state index contributed by atoms with van der Waals surface area (Å²) >= 11 is 0. The van der Waals surface area contributed by atoms with E-state index in [-0.39, 0.29) is 25.8 Å². The van der Waals surface area contributed by atoms with E-state index in [4.69, 9.17) is 18.5 Å². The number of nitrogens with zero attached hydrogens (tertiary/aromatic N) is 1. The van der Waals surface area contributed by atoms with Gasteiger partial charge in [-0.25, -0.2) is 0 Å². The van der Waals surface area contributed by atoms with E-state index in [2.05, 4.69) is 38.2 Å². The minimum Gasteiger partial charge on any atom is -0.756 e. The van der Waals surface area contributed by atoms with Crippen LogP contribution in [0.25, 0.3) is 0 Å². The van der Waals surface area contributed by atoms with E-state index < -0.39 is 13.9 Å². The van der Waals surface area contributed by atoms with Gasteiger partial charge in [0.15, 0.2) is 0 Å². The fraction of sp³-hybridized carbons (Fsp3) is 0.898. The van der Waals surface area contributed by atoms with E-state index in [0.717, 1.165) is 57.8 Å². The molecule has 0 bridgehead atoms. The molecule has 2 atom stereocenters. The molecule has 0 saturated carbocycles. The molecule has 0 aromatic heterocycles. The number of quaternary nitrogens is 1. The third-order valence-electron chi connectivity index (χ3n) is 10.8. The van der Waals surface area contributed by atoms with Crippen LogP contribution in [0.1, 0.15) is 226 Å². The predicted molar refractivity (Wildman–Crippen MR) is 245 cm³/mol. The Bertz CT molecular complexity index is 983. The lowest BCUT2D eigenvalue weighted by molar-refractivity contribution is -0.870. The number of rotatable bonds is 46. The summed E-state index contributed by atoms with van der Waals surface area (Å²) in [5.74, 6) is -0.343. The molecule has 0 aliphatic carbocycles. The van der Waals surface area contributed by atoms with E-state index >= 15 is 0 Å². The number of phosphoric ester groups is 1. The molecule has 0 aromatic rings. The molecule has 2 unspecified atom stereocenters. The zero-order chi connectivity index (χ0) is 42.7. The van der Waals surface area contributed by atoms with Gasteiger partial charge in [0.2, 0.25) is 0 Å². The van der Waals surface area contributed by atoms with Crippen molar-refractivity contribution >= 4 is 13.8 Å². The second-order valence-electron chi connectivity index (χ2n) is 17.8. The Kier molecular flexibility index (Phi) is 41.9. The largest absolute Gasteiger partial charge is 0.756 e. The van der Waals surface area contributed by atoms with Crippen LogP contribution in [0.3, 0.4) is 0 Å². The smallest absolute Gasteiger partial charge is 0.306 e. The molecular formula is C49H96NO7P. The fourth-order valence-corrected chi connectivity index (χ4v) is 7.66. The molecule has 8 nitrogen and oxygen atoms in total. The van der Waals surface area contributed by atoms with E-state index in [1.807, 2.05) is 21.1 Å². The minimum absolute atomic E-state index is 0.0254. The van der Waals surface area contributed by atoms with Crippen molar-refractivity contribution in [1.82, 2.24) is 0 Å². The van der Waals surface area contributed by atoms with Gasteiger partial charge in [-0.2, -0.15) is 0 Å². The first-order valence-electron chi connectivity index (χ1n) is 24.6. The van der Waals surface area contributed by atoms with E-state index in [1.54, 1.807) is 0 Å². The number of unbranched alkanes of at least 4 members (excludes halogenated alkanes) is 28. The van der Waals surface area contributed by atoms with Gasteiger partial charge in [0.25, 0.3) is 7.82 Å². The SMILES string of the molecule is CCCCCC/C=C\C/C=C\CCCCCCCC(=O)OC(COCCCCCCCCCCCCCCCCCCCCCC)COP(=O)([O-])OCC[N+](C)(C)C. The standard InChI is InChI=1S/C49H96NO7P/c1-6-8-10-12-14-16-18-20-22-24-25-26-27-29-31-33-35-37-39-41-44-54-46-48(47-56-58(52,53)55-45-43-50(3,4)5)57-49(51)42-40-38-36-34-32-30-28-23-21-19-17-15-13-11-9-7-2/h17,19,23,28,48H,6-16,18,20-22,24-27,29-47H2,1-5H3/b19-17-,28-23-. The number of hydrogen-bond donors (Lipinski definition) is 0. The maximum absolute atomic E-state index is 12.7. The van der Waals surface area contributed by atoms with Crippen molar-refractivity contribution in [2.24, 2.45) is 0 Å². The van der Waals surface area contributed by atoms with Gasteiger partial charge >= 0.3 is 5.97 Å². The minimum atomic E-state index is -4.53. The summed E-state index contributed by atoms with van der Waals surface area (Å²) in [4.78, 5) is 25.1. The highest BCUT2D eigenvalue weighted by Gasteiger charge is 2.20. The van der Waals surface area contributed by atoms with E-state index in [0.29, 0.717) is 24.1 Å². The maximum Gasteiger partial charge on any atom is 0.306 e. The summed E-state index contributed by atoms with van der Waals surface area (Å²) in [6, 6.07) is 0. The number of allylic oxidation sites excluding steroid dienone is 4. The maximum atomic E-state index is 12.7. The van der Waals surface area contributed by atoms with Crippen LogP contribution in [0.4, 0.5) is 0 Å². The summed E-state index contributed by atoms with van der Waals surface area (Å²) in [5.41, 5.74) is 0. The van der Waals surface area contributed by atoms with Crippen molar-refractivity contribution in [3.8, 4) is 0 Å². The predicted octanol–water partition coefficient (Wildman–Crippen LogP) is 14.1. The second kappa shape index (κ2) is 42.7. The van der Waals surface area contributed by atoms with Gasteiger partial charge in [0.05, 0.1) is 34.4 Å². The van der Waals surface area contributed by atoms with Crippen molar-refractivity contribution in [2.45, 2.75) is 232 Å². The van der Waals surface area contributed by atoms with Gasteiger partial charge in [0, 0.05) is 13.0 Å². The van der Waals surface area contributed by atoms with Crippen LogP contribution < -0.4 is 4.89 Å². The molecule has 9 heteroatoms. The summed E-state index contributed by atoms with van der Waals surface area (Å²) in [6.07, 6.45) is 49.1. The number of esters is 1. The molecule has 0 fully saturated rings. The van der Waals surface area contributed by atoms with E-state index in [9.17, 15) is 14.3 Å². The molecule has 0 aliphatic heterocycles. The molecule has 0 amide bonds. The van der Waals surface area contributed by atoms with Gasteiger partial charge < -0.3 is 27.9 Å². The van der Waals surface area contributed by atoms with Gasteiger partial charge in [0.1, 0.15) is 19.3 Å². The van der Waals surface area contributed by atoms with E-state index in [1.165, 1.54) is 148 Å². The Labute approximate surface area is 360 Å². The second-order valence-corrected chi connectivity index (χ2v) is 19.2. The summed E-state index contributed by atoms with van der Waals surface area (Å²) in [6.45, 7) is 5.42. The molecule has 344 valence electrons. The molecule has 0 N–H and O–H groups in total. The molecule has 0 aromatic carbocycles. The normalized spacial score (nSPS) is 13.8. The van der Waals surface area contributed by atoms with Crippen LogP contribution >= 0.6 is 7.82 Å². The topological polar surface area (TPSA) is 94.1 Å². The summed E-state index contributed by atoms with van der Waals surface area (Å²) < 4.78 is 34.7. The number of carbonyl (C=O) groups is 1. The number of phosphoric acid groups is 1. The molecular weight excluding hydrogens is 746 g/mol. The van der Waals surface area contributed by atoms with Gasteiger partial charge in [-0.05, 0) is 44.9 Å². The lowest BCUT2D eigenvalue weighted by Crippen LogP contribution is -2.37. The van der Waals surface area contributed by atoms with Crippen molar-refractivity contribution < 1.29 is 37.3 Å². The zero-order valence-corrected chi connectivity index (χ0v) is 39.9. The summed E-state index contributed by atoms with van der Waals surface area (Å²) in [7, 11) is 1.36. The third-order valence-corrected chi connectivity index (χ3v) is 11.7. The number of likely N-dealkylation sites (N-methyl/N-ethyl adjacent to an activating group) is 1. The van der Waals surface area contributed by atoms with Crippen molar-refractivity contribution in [3.63, 3.8) is 0 Å².